The first-order chi connectivity index (χ1) is 15.4. The molecule has 0 radical (unpaired) electrons. The van der Waals surface area contributed by atoms with Gasteiger partial charge in [0.05, 0.1) is 12.1 Å². The number of anilines is 2. The number of carbonyl (C=O) groups excluding carboxylic acids is 2. The van der Waals surface area contributed by atoms with E-state index in [1.54, 1.807) is 13.8 Å². The van der Waals surface area contributed by atoms with Crippen molar-refractivity contribution in [1.29, 1.82) is 0 Å². The Balaban J connectivity index is 2.10. The fourth-order valence-corrected chi connectivity index (χ4v) is 4.18. The second-order valence-electron chi connectivity index (χ2n) is 7.93. The molecule has 0 atom stereocenters. The number of nitrogens with zero attached hydrogens (tertiary/aromatic N) is 3. The van der Waals surface area contributed by atoms with E-state index >= 15 is 0 Å². The summed E-state index contributed by atoms with van der Waals surface area (Å²) in [7, 11) is 1.38. The molecule has 2 aromatic carbocycles. The number of nitrogens with one attached hydrogen (secondary N) is 1. The van der Waals surface area contributed by atoms with Gasteiger partial charge in [0.25, 0.3) is 17.7 Å². The summed E-state index contributed by atoms with van der Waals surface area (Å²) in [5.74, 6) is -5.19. The van der Waals surface area contributed by atoms with Crippen LogP contribution in [0.3, 0.4) is 0 Å². The number of halogens is 3. The topological polar surface area (TPSA) is 57.0 Å². The molecule has 1 aliphatic heterocycles. The van der Waals surface area contributed by atoms with Gasteiger partial charge in [-0.3, -0.25) is 14.5 Å². The molecule has 1 aliphatic rings. The van der Waals surface area contributed by atoms with E-state index in [0.717, 1.165) is 17.0 Å². The number of hydrogen-bond acceptors (Lipinski definition) is 3. The molecular weight excluding hydrogens is 453 g/mol. The van der Waals surface area contributed by atoms with Gasteiger partial charge in [-0.2, -0.15) is 0 Å². The van der Waals surface area contributed by atoms with Crippen molar-refractivity contribution in [3.63, 3.8) is 0 Å². The van der Waals surface area contributed by atoms with Crippen LogP contribution in [0.5, 0.6) is 0 Å². The van der Waals surface area contributed by atoms with E-state index in [2.05, 4.69) is 10.2 Å². The van der Waals surface area contributed by atoms with Crippen LogP contribution in [0, 0.1) is 12.4 Å². The highest BCUT2D eigenvalue weighted by Crippen LogP contribution is 2.42. The molecule has 1 saturated heterocycles. The molecule has 1 heterocycles. The summed E-state index contributed by atoms with van der Waals surface area (Å²) < 4.78 is 43.6. The number of amides is 2. The zero-order chi connectivity index (χ0) is 24.7. The Labute approximate surface area is 194 Å². The lowest BCUT2D eigenvalue weighted by Gasteiger charge is -2.29. The van der Waals surface area contributed by atoms with Gasteiger partial charge in [-0.15, -0.1) is 0 Å². The van der Waals surface area contributed by atoms with E-state index in [9.17, 15) is 22.8 Å². The van der Waals surface area contributed by atoms with Gasteiger partial charge in [0.2, 0.25) is 0 Å². The van der Waals surface area contributed by atoms with Crippen LogP contribution in [-0.2, 0) is 10.7 Å². The standard InChI is InChI=1S/C23H21F3N4O2S/c1-6-23(25,26)16-11-13(8-10-18(16)27-4)29-20(32)22(2,3)30(21(29)33)14-7-9-15(17(24)12-14)19(31)28-5/h7-12H,6H2,1-3,5H3,(H,28,31). The third-order valence-corrected chi connectivity index (χ3v) is 5.91. The molecule has 3 rings (SSSR count). The zero-order valence-electron chi connectivity index (χ0n) is 18.4. The van der Waals surface area contributed by atoms with Gasteiger partial charge in [-0.1, -0.05) is 13.0 Å². The summed E-state index contributed by atoms with van der Waals surface area (Å²) >= 11 is 5.51. The van der Waals surface area contributed by atoms with E-state index in [4.69, 9.17) is 18.8 Å². The predicted molar refractivity (Wildman–Crippen MR) is 123 cm³/mol. The molecule has 0 aliphatic carbocycles. The summed E-state index contributed by atoms with van der Waals surface area (Å²) in [4.78, 5) is 30.8. The van der Waals surface area contributed by atoms with Crippen molar-refractivity contribution in [3.8, 4) is 0 Å². The third-order valence-electron chi connectivity index (χ3n) is 5.55. The van der Waals surface area contributed by atoms with Gasteiger partial charge in [-0.05, 0) is 56.4 Å². The van der Waals surface area contributed by atoms with Gasteiger partial charge in [-0.25, -0.2) is 18.0 Å². The van der Waals surface area contributed by atoms with Crippen molar-refractivity contribution in [1.82, 2.24) is 5.32 Å². The Bertz CT molecular complexity index is 1210. The molecule has 33 heavy (non-hydrogen) atoms. The maximum atomic E-state index is 14.6. The predicted octanol–water partition coefficient (Wildman–Crippen LogP) is 5.15. The average molecular weight is 475 g/mol. The molecule has 1 fully saturated rings. The molecule has 172 valence electrons. The highest BCUT2D eigenvalue weighted by Gasteiger charge is 2.50. The fraction of sp³-hybridized carbons (Fsp3) is 0.304. The van der Waals surface area contributed by atoms with Crippen molar-refractivity contribution < 1.29 is 22.8 Å². The molecule has 1 N–H and O–H groups in total. The fourth-order valence-electron chi connectivity index (χ4n) is 3.66. The van der Waals surface area contributed by atoms with E-state index in [1.807, 2.05) is 0 Å². The molecule has 10 heteroatoms. The molecule has 0 bridgehead atoms. The van der Waals surface area contributed by atoms with Crippen LogP contribution < -0.4 is 15.1 Å². The van der Waals surface area contributed by atoms with Gasteiger partial charge in [0.15, 0.2) is 10.8 Å². The molecule has 2 aromatic rings. The third kappa shape index (κ3) is 3.93. The number of hydrogen-bond donors (Lipinski definition) is 1. The Morgan fingerprint density at radius 1 is 1.21 bits per heavy atom. The maximum Gasteiger partial charge on any atom is 0.264 e. The van der Waals surface area contributed by atoms with Crippen molar-refractivity contribution in [3.05, 3.63) is 64.8 Å². The van der Waals surface area contributed by atoms with E-state index in [1.165, 1.54) is 43.1 Å². The summed E-state index contributed by atoms with van der Waals surface area (Å²) in [6.45, 7) is 11.6. The average Bonchev–Trinajstić information content (AvgIpc) is 2.96. The number of rotatable bonds is 5. The number of benzene rings is 2. The second-order valence-corrected chi connectivity index (χ2v) is 8.30. The van der Waals surface area contributed by atoms with Crippen LogP contribution in [0.2, 0.25) is 0 Å². The monoisotopic (exact) mass is 474 g/mol. The molecule has 2 amide bonds. The Morgan fingerprint density at radius 3 is 2.39 bits per heavy atom. The molecule has 0 unspecified atom stereocenters. The Hall–Kier alpha value is -3.45. The van der Waals surface area contributed by atoms with Crippen LogP contribution in [-0.4, -0.2) is 29.5 Å². The molecular formula is C23H21F3N4O2S. The first kappa shape index (κ1) is 24.2. The van der Waals surface area contributed by atoms with Gasteiger partial charge < -0.3 is 10.2 Å². The van der Waals surface area contributed by atoms with Crippen molar-refractivity contribution in [2.45, 2.75) is 38.7 Å². The highest BCUT2D eigenvalue weighted by atomic mass is 32.1. The summed E-state index contributed by atoms with van der Waals surface area (Å²) in [5.41, 5.74) is -1.85. The summed E-state index contributed by atoms with van der Waals surface area (Å²) in [6.07, 6.45) is -0.522. The first-order valence-corrected chi connectivity index (χ1v) is 10.4. The first-order valence-electron chi connectivity index (χ1n) is 10.0. The maximum absolute atomic E-state index is 14.6. The molecule has 0 aromatic heterocycles. The van der Waals surface area contributed by atoms with Gasteiger partial charge in [0, 0.05) is 30.4 Å². The van der Waals surface area contributed by atoms with Crippen LogP contribution >= 0.6 is 12.2 Å². The largest absolute Gasteiger partial charge is 0.355 e. The SMILES string of the molecule is [C-]#[N+]c1ccc(N2C(=O)C(C)(C)N(c3ccc(C(=O)NC)c(F)c3)C2=S)cc1C(F)(F)CC. The van der Waals surface area contributed by atoms with E-state index in [-0.39, 0.29) is 27.7 Å². The Morgan fingerprint density at radius 2 is 1.85 bits per heavy atom. The smallest absolute Gasteiger partial charge is 0.264 e. The lowest BCUT2D eigenvalue weighted by Crippen LogP contribution is -2.44. The summed E-state index contributed by atoms with van der Waals surface area (Å²) in [6, 6.07) is 7.52. The molecule has 6 nitrogen and oxygen atoms in total. The lowest BCUT2D eigenvalue weighted by atomic mass is 10.0. The van der Waals surface area contributed by atoms with Crippen molar-refractivity contribution >= 4 is 46.2 Å². The number of carbonyl (C=O) groups is 2. The van der Waals surface area contributed by atoms with Crippen LogP contribution in [0.1, 0.15) is 43.1 Å². The molecule has 0 spiro atoms. The quantitative estimate of drug-likeness (QED) is 0.481. The minimum Gasteiger partial charge on any atom is -0.355 e. The Kier molecular flexibility index (Phi) is 6.22. The van der Waals surface area contributed by atoms with E-state index in [0.29, 0.717) is 0 Å². The van der Waals surface area contributed by atoms with Crippen molar-refractivity contribution in [2.24, 2.45) is 0 Å². The summed E-state index contributed by atoms with van der Waals surface area (Å²) in [5, 5.41) is 2.30. The normalized spacial score (nSPS) is 15.6. The molecule has 0 saturated carbocycles. The lowest BCUT2D eigenvalue weighted by molar-refractivity contribution is -0.120. The van der Waals surface area contributed by atoms with E-state index < -0.39 is 41.1 Å². The van der Waals surface area contributed by atoms with Crippen LogP contribution in [0.25, 0.3) is 4.85 Å². The van der Waals surface area contributed by atoms with Crippen molar-refractivity contribution in [2.75, 3.05) is 16.8 Å². The second kappa shape index (κ2) is 8.48. The van der Waals surface area contributed by atoms with Crippen LogP contribution in [0.15, 0.2) is 36.4 Å². The number of thiocarbonyl (C=S) groups is 1. The van der Waals surface area contributed by atoms with Gasteiger partial charge >= 0.3 is 0 Å². The minimum absolute atomic E-state index is 0.0431. The zero-order valence-corrected chi connectivity index (χ0v) is 19.2. The highest BCUT2D eigenvalue weighted by molar-refractivity contribution is 7.81. The minimum atomic E-state index is -3.27. The van der Waals surface area contributed by atoms with Crippen LogP contribution in [0.4, 0.5) is 30.2 Å². The number of alkyl halides is 2. The van der Waals surface area contributed by atoms with Gasteiger partial charge in [0.1, 0.15) is 11.4 Å².